The zero-order chi connectivity index (χ0) is 13.2. The number of hydrogen-bond donors (Lipinski definition) is 1. The zero-order valence-corrected chi connectivity index (χ0v) is 11.1. The molecular weight excluding hydrogens is 236 g/mol. The van der Waals surface area contributed by atoms with Gasteiger partial charge in [0, 0.05) is 17.8 Å². The molecule has 0 fully saturated rings. The summed E-state index contributed by atoms with van der Waals surface area (Å²) in [7, 11) is 1.93. The molecule has 2 heterocycles. The molecule has 0 saturated heterocycles. The lowest BCUT2D eigenvalue weighted by Crippen LogP contribution is -2.17. The Bertz CT molecular complexity index is 688. The minimum absolute atomic E-state index is 0.0282. The molecule has 96 valence electrons. The number of aromatic nitrogens is 1. The van der Waals surface area contributed by atoms with Crippen LogP contribution >= 0.6 is 0 Å². The van der Waals surface area contributed by atoms with E-state index in [2.05, 4.69) is 41.5 Å². The van der Waals surface area contributed by atoms with Gasteiger partial charge in [0.2, 0.25) is 0 Å². The molecule has 0 bridgehead atoms. The number of pyridine rings is 1. The number of nitrogens with zero attached hydrogens (tertiary/aromatic N) is 1. The summed E-state index contributed by atoms with van der Waals surface area (Å²) in [6.07, 6.45) is 3.64. The molecule has 1 unspecified atom stereocenters. The molecule has 0 radical (unpaired) electrons. The van der Waals surface area contributed by atoms with E-state index in [1.807, 2.05) is 25.4 Å². The van der Waals surface area contributed by atoms with Crippen LogP contribution in [-0.2, 0) is 0 Å². The molecule has 1 aromatic carbocycles. The van der Waals surface area contributed by atoms with Crippen molar-refractivity contribution in [2.45, 2.75) is 13.0 Å². The van der Waals surface area contributed by atoms with Gasteiger partial charge in [-0.2, -0.15) is 0 Å². The SMILES string of the molecule is CNC(c1cccnc1)c1cc2cccc(C)c2o1. The zero-order valence-electron chi connectivity index (χ0n) is 11.1. The first-order valence-electron chi connectivity index (χ1n) is 6.36. The summed E-state index contributed by atoms with van der Waals surface area (Å²) in [5, 5.41) is 4.42. The maximum atomic E-state index is 6.02. The Morgan fingerprint density at radius 1 is 1.21 bits per heavy atom. The summed E-state index contributed by atoms with van der Waals surface area (Å²) in [6, 6.07) is 12.3. The van der Waals surface area contributed by atoms with Gasteiger partial charge in [-0.05, 0) is 37.2 Å². The summed E-state index contributed by atoms with van der Waals surface area (Å²) in [5.41, 5.74) is 3.22. The Labute approximate surface area is 112 Å². The van der Waals surface area contributed by atoms with E-state index < -0.39 is 0 Å². The Morgan fingerprint density at radius 3 is 2.79 bits per heavy atom. The third-order valence-electron chi connectivity index (χ3n) is 3.35. The third-order valence-corrected chi connectivity index (χ3v) is 3.35. The van der Waals surface area contributed by atoms with Crippen molar-refractivity contribution < 1.29 is 4.42 Å². The van der Waals surface area contributed by atoms with Crippen LogP contribution in [0.25, 0.3) is 11.0 Å². The predicted octanol–water partition coefficient (Wildman–Crippen LogP) is 3.45. The number of para-hydroxylation sites is 1. The molecule has 3 heteroatoms. The Kier molecular flexibility index (Phi) is 3.05. The van der Waals surface area contributed by atoms with E-state index in [0.29, 0.717) is 0 Å². The van der Waals surface area contributed by atoms with Gasteiger partial charge in [0.05, 0.1) is 6.04 Å². The van der Waals surface area contributed by atoms with Crippen LogP contribution in [0, 0.1) is 6.92 Å². The highest BCUT2D eigenvalue weighted by molar-refractivity contribution is 5.81. The average Bonchev–Trinajstić information content (AvgIpc) is 2.86. The second-order valence-corrected chi connectivity index (χ2v) is 4.65. The maximum Gasteiger partial charge on any atom is 0.137 e. The Hall–Kier alpha value is -2.13. The topological polar surface area (TPSA) is 38.1 Å². The number of fused-ring (bicyclic) bond motifs is 1. The third kappa shape index (κ3) is 2.13. The van der Waals surface area contributed by atoms with Gasteiger partial charge in [-0.25, -0.2) is 0 Å². The maximum absolute atomic E-state index is 6.02. The first kappa shape index (κ1) is 11.9. The lowest BCUT2D eigenvalue weighted by Gasteiger charge is -2.13. The summed E-state index contributed by atoms with van der Waals surface area (Å²) in [4.78, 5) is 4.17. The summed E-state index contributed by atoms with van der Waals surface area (Å²) in [6.45, 7) is 2.06. The van der Waals surface area contributed by atoms with E-state index >= 15 is 0 Å². The molecule has 19 heavy (non-hydrogen) atoms. The number of rotatable bonds is 3. The minimum Gasteiger partial charge on any atom is -0.459 e. The molecule has 0 aliphatic carbocycles. The van der Waals surface area contributed by atoms with Crippen molar-refractivity contribution in [3.63, 3.8) is 0 Å². The highest BCUT2D eigenvalue weighted by atomic mass is 16.3. The molecule has 0 aliphatic heterocycles. The van der Waals surface area contributed by atoms with Crippen LogP contribution in [0.5, 0.6) is 0 Å². The van der Waals surface area contributed by atoms with Gasteiger partial charge >= 0.3 is 0 Å². The molecule has 1 atom stereocenters. The van der Waals surface area contributed by atoms with Crippen molar-refractivity contribution in [3.05, 3.63) is 65.7 Å². The van der Waals surface area contributed by atoms with Crippen LogP contribution in [0.1, 0.15) is 22.9 Å². The Morgan fingerprint density at radius 2 is 2.11 bits per heavy atom. The molecule has 3 rings (SSSR count). The second-order valence-electron chi connectivity index (χ2n) is 4.65. The lowest BCUT2D eigenvalue weighted by molar-refractivity contribution is 0.490. The molecule has 0 saturated carbocycles. The Balaban J connectivity index is 2.09. The van der Waals surface area contributed by atoms with E-state index in [-0.39, 0.29) is 6.04 Å². The molecule has 3 nitrogen and oxygen atoms in total. The summed E-state index contributed by atoms with van der Waals surface area (Å²) in [5.74, 6) is 0.916. The number of aryl methyl sites for hydroxylation is 1. The van der Waals surface area contributed by atoms with Crippen molar-refractivity contribution in [2.75, 3.05) is 7.05 Å². The van der Waals surface area contributed by atoms with E-state index in [1.54, 1.807) is 6.20 Å². The smallest absolute Gasteiger partial charge is 0.137 e. The predicted molar refractivity (Wildman–Crippen MR) is 76.1 cm³/mol. The summed E-state index contributed by atoms with van der Waals surface area (Å²) >= 11 is 0. The highest BCUT2D eigenvalue weighted by Gasteiger charge is 2.17. The van der Waals surface area contributed by atoms with Gasteiger partial charge in [-0.15, -0.1) is 0 Å². The van der Waals surface area contributed by atoms with Gasteiger partial charge in [-0.3, -0.25) is 4.98 Å². The number of benzene rings is 1. The van der Waals surface area contributed by atoms with Crippen molar-refractivity contribution in [2.24, 2.45) is 0 Å². The highest BCUT2D eigenvalue weighted by Crippen LogP contribution is 2.29. The molecule has 3 aromatic rings. The van der Waals surface area contributed by atoms with E-state index in [9.17, 15) is 0 Å². The van der Waals surface area contributed by atoms with Crippen LogP contribution in [0.15, 0.2) is 53.2 Å². The molecular formula is C16H16N2O. The van der Waals surface area contributed by atoms with Crippen LogP contribution in [0.3, 0.4) is 0 Å². The van der Waals surface area contributed by atoms with Gasteiger partial charge in [0.1, 0.15) is 11.3 Å². The van der Waals surface area contributed by atoms with E-state index in [4.69, 9.17) is 4.42 Å². The minimum atomic E-state index is 0.0282. The molecule has 0 amide bonds. The second kappa shape index (κ2) is 4.86. The fourth-order valence-corrected chi connectivity index (χ4v) is 2.39. The van der Waals surface area contributed by atoms with Crippen LogP contribution in [0.2, 0.25) is 0 Å². The molecule has 0 aliphatic rings. The van der Waals surface area contributed by atoms with Gasteiger partial charge < -0.3 is 9.73 Å². The average molecular weight is 252 g/mol. The fraction of sp³-hybridized carbons (Fsp3) is 0.188. The van der Waals surface area contributed by atoms with Crippen LogP contribution in [0.4, 0.5) is 0 Å². The molecule has 1 N–H and O–H groups in total. The lowest BCUT2D eigenvalue weighted by atomic mass is 10.1. The van der Waals surface area contributed by atoms with E-state index in [1.165, 1.54) is 0 Å². The van der Waals surface area contributed by atoms with Crippen LogP contribution < -0.4 is 5.32 Å². The first-order valence-corrected chi connectivity index (χ1v) is 6.36. The molecule has 2 aromatic heterocycles. The van der Waals surface area contributed by atoms with Crippen molar-refractivity contribution in [3.8, 4) is 0 Å². The van der Waals surface area contributed by atoms with Crippen molar-refractivity contribution in [1.29, 1.82) is 0 Å². The normalized spacial score (nSPS) is 12.7. The van der Waals surface area contributed by atoms with Gasteiger partial charge in [-0.1, -0.05) is 24.3 Å². The monoisotopic (exact) mass is 252 g/mol. The van der Waals surface area contributed by atoms with Crippen LogP contribution in [-0.4, -0.2) is 12.0 Å². The van der Waals surface area contributed by atoms with Crippen molar-refractivity contribution >= 4 is 11.0 Å². The van der Waals surface area contributed by atoms with Crippen molar-refractivity contribution in [1.82, 2.24) is 10.3 Å². The standard InChI is InChI=1S/C16H16N2O/c1-11-5-3-6-12-9-14(19-16(11)12)15(17-2)13-7-4-8-18-10-13/h3-10,15,17H,1-2H3. The van der Waals surface area contributed by atoms with Gasteiger partial charge in [0.25, 0.3) is 0 Å². The number of nitrogens with one attached hydrogen (secondary N) is 1. The number of furan rings is 1. The first-order chi connectivity index (χ1) is 9.29. The summed E-state index contributed by atoms with van der Waals surface area (Å²) < 4.78 is 6.02. The van der Waals surface area contributed by atoms with Gasteiger partial charge in [0.15, 0.2) is 0 Å². The van der Waals surface area contributed by atoms with E-state index in [0.717, 1.165) is 27.9 Å². The molecule has 0 spiro atoms. The largest absolute Gasteiger partial charge is 0.459 e. The quantitative estimate of drug-likeness (QED) is 0.776. The fourth-order valence-electron chi connectivity index (χ4n) is 2.39. The number of hydrogen-bond acceptors (Lipinski definition) is 3.